The van der Waals surface area contributed by atoms with Crippen molar-refractivity contribution in [2.24, 2.45) is 0 Å². The number of benzene rings is 1. The zero-order valence-electron chi connectivity index (χ0n) is 17.9. The number of halogens is 1. The highest BCUT2D eigenvalue weighted by molar-refractivity contribution is 5.92. The number of hydrogen-bond acceptors (Lipinski definition) is 6. The second-order valence-corrected chi connectivity index (χ2v) is 8.11. The van der Waals surface area contributed by atoms with Gasteiger partial charge in [-0.15, -0.1) is 0 Å². The van der Waals surface area contributed by atoms with Crippen molar-refractivity contribution in [1.29, 1.82) is 0 Å². The number of hydrogen-bond donors (Lipinski definition) is 1. The Hall–Kier alpha value is -3.46. The number of nitrogens with one attached hydrogen (secondary N) is 1. The van der Waals surface area contributed by atoms with Crippen LogP contribution in [0.4, 0.5) is 14.9 Å². The van der Waals surface area contributed by atoms with Gasteiger partial charge in [0, 0.05) is 48.1 Å². The molecular formula is C23H24FN5O3. The highest BCUT2D eigenvalue weighted by atomic mass is 19.1. The molecule has 1 amide bonds. The number of aromatic nitrogens is 3. The smallest absolute Gasteiger partial charge is 0.414 e. The number of pyridine rings is 1. The molecule has 0 unspecified atom stereocenters. The molecule has 2 aliphatic heterocycles. The van der Waals surface area contributed by atoms with Crippen LogP contribution in [0.15, 0.2) is 42.9 Å². The maximum absolute atomic E-state index is 13.4. The van der Waals surface area contributed by atoms with Gasteiger partial charge in [0.15, 0.2) is 0 Å². The average Bonchev–Trinajstić information content (AvgIpc) is 3.22. The number of anilines is 1. The second kappa shape index (κ2) is 8.23. The van der Waals surface area contributed by atoms with Gasteiger partial charge in [-0.25, -0.2) is 14.2 Å². The zero-order valence-corrected chi connectivity index (χ0v) is 17.9. The van der Waals surface area contributed by atoms with Gasteiger partial charge < -0.3 is 14.8 Å². The van der Waals surface area contributed by atoms with Crippen LogP contribution in [-0.2, 0) is 11.2 Å². The lowest BCUT2D eigenvalue weighted by molar-refractivity contribution is 0.175. The van der Waals surface area contributed by atoms with E-state index in [0.29, 0.717) is 11.8 Å². The third-order valence-corrected chi connectivity index (χ3v) is 6.07. The van der Waals surface area contributed by atoms with E-state index >= 15 is 0 Å². The first-order valence-corrected chi connectivity index (χ1v) is 10.6. The number of rotatable bonds is 4. The lowest BCUT2D eigenvalue weighted by Crippen LogP contribution is -2.43. The van der Waals surface area contributed by atoms with Crippen LogP contribution in [0.25, 0.3) is 11.1 Å². The van der Waals surface area contributed by atoms with E-state index in [1.165, 1.54) is 19.2 Å². The number of amides is 1. The Labute approximate surface area is 185 Å². The van der Waals surface area contributed by atoms with Crippen molar-refractivity contribution in [1.82, 2.24) is 20.1 Å². The van der Waals surface area contributed by atoms with Crippen molar-refractivity contribution < 1.29 is 18.7 Å². The molecule has 8 nitrogen and oxygen atoms in total. The monoisotopic (exact) mass is 437 g/mol. The predicted octanol–water partition coefficient (Wildman–Crippen LogP) is 3.93. The fourth-order valence-electron chi connectivity index (χ4n) is 4.19. The van der Waals surface area contributed by atoms with Crippen LogP contribution in [0.5, 0.6) is 11.6 Å². The van der Waals surface area contributed by atoms with Gasteiger partial charge in [-0.2, -0.15) is 5.10 Å². The summed E-state index contributed by atoms with van der Waals surface area (Å²) in [5.41, 5.74) is 3.37. The van der Waals surface area contributed by atoms with Crippen molar-refractivity contribution in [2.75, 3.05) is 25.1 Å². The lowest BCUT2D eigenvalue weighted by Gasteiger charge is -2.35. The maximum atomic E-state index is 13.4. The number of ether oxygens (including phenoxy) is 2. The average molecular weight is 437 g/mol. The van der Waals surface area contributed by atoms with Crippen LogP contribution in [0, 0.1) is 5.82 Å². The first-order chi connectivity index (χ1) is 15.5. The molecule has 2 aromatic heterocycles. The maximum Gasteiger partial charge on any atom is 0.414 e. The third-order valence-electron chi connectivity index (χ3n) is 6.07. The summed E-state index contributed by atoms with van der Waals surface area (Å²) in [7, 11) is 1.38. The van der Waals surface area contributed by atoms with Gasteiger partial charge >= 0.3 is 6.09 Å². The van der Waals surface area contributed by atoms with E-state index in [4.69, 9.17) is 9.47 Å². The molecule has 0 radical (unpaired) electrons. The van der Waals surface area contributed by atoms with Gasteiger partial charge in [-0.05, 0) is 38.0 Å². The summed E-state index contributed by atoms with van der Waals surface area (Å²) in [6.07, 6.45) is 5.99. The number of carbonyl (C=O) groups is 1. The molecule has 0 saturated carbocycles. The Morgan fingerprint density at radius 2 is 2.06 bits per heavy atom. The molecule has 1 aromatic carbocycles. The van der Waals surface area contributed by atoms with Gasteiger partial charge in [0.1, 0.15) is 11.6 Å². The first-order valence-electron chi connectivity index (χ1n) is 10.6. The molecular weight excluding hydrogens is 413 g/mol. The van der Waals surface area contributed by atoms with Crippen molar-refractivity contribution in [3.05, 3.63) is 54.2 Å². The molecule has 1 saturated heterocycles. The van der Waals surface area contributed by atoms with Crippen LogP contribution in [0.3, 0.4) is 0 Å². The van der Waals surface area contributed by atoms with Gasteiger partial charge in [-0.3, -0.25) is 9.58 Å². The van der Waals surface area contributed by atoms with E-state index in [1.807, 2.05) is 36.1 Å². The molecule has 2 aliphatic rings. The number of carbonyl (C=O) groups excluding carboxylic acids is 1. The Kier molecular flexibility index (Phi) is 5.26. The number of nitrogens with zero attached hydrogens (tertiary/aromatic N) is 4. The Bertz CT molecular complexity index is 1140. The van der Waals surface area contributed by atoms with Crippen LogP contribution in [0.2, 0.25) is 0 Å². The summed E-state index contributed by atoms with van der Waals surface area (Å²) in [5.74, 6) is 0.433. The van der Waals surface area contributed by atoms with E-state index in [-0.39, 0.29) is 11.9 Å². The minimum atomic E-state index is -0.436. The Balaban J connectivity index is 1.62. The number of methoxy groups -OCH3 is 1. The highest BCUT2D eigenvalue weighted by Crippen LogP contribution is 2.44. The molecule has 1 fully saturated rings. The summed E-state index contributed by atoms with van der Waals surface area (Å²) in [4.78, 5) is 18.2. The predicted molar refractivity (Wildman–Crippen MR) is 117 cm³/mol. The van der Waals surface area contributed by atoms with Crippen molar-refractivity contribution in [3.63, 3.8) is 0 Å². The summed E-state index contributed by atoms with van der Waals surface area (Å²) >= 11 is 0. The summed E-state index contributed by atoms with van der Waals surface area (Å²) in [6, 6.07) is 6.97. The normalized spacial score (nSPS) is 18.1. The molecule has 1 atom stereocenters. The zero-order chi connectivity index (χ0) is 22.2. The molecule has 166 valence electrons. The van der Waals surface area contributed by atoms with E-state index in [1.54, 1.807) is 4.90 Å². The minimum absolute atomic E-state index is 0.00790. The molecule has 3 aromatic rings. The van der Waals surface area contributed by atoms with Crippen molar-refractivity contribution >= 4 is 11.8 Å². The Morgan fingerprint density at radius 3 is 2.75 bits per heavy atom. The van der Waals surface area contributed by atoms with Gasteiger partial charge in [0.2, 0.25) is 5.88 Å². The van der Waals surface area contributed by atoms with Crippen molar-refractivity contribution in [2.45, 2.75) is 31.8 Å². The molecule has 0 bridgehead atoms. The molecule has 4 heterocycles. The van der Waals surface area contributed by atoms with Gasteiger partial charge in [-0.1, -0.05) is 0 Å². The van der Waals surface area contributed by atoms with E-state index in [0.717, 1.165) is 54.5 Å². The van der Waals surface area contributed by atoms with Crippen LogP contribution in [0.1, 0.15) is 24.9 Å². The summed E-state index contributed by atoms with van der Waals surface area (Å²) < 4.78 is 26.6. The molecule has 9 heteroatoms. The first kappa shape index (κ1) is 20.4. The SMILES string of the molecule is COC(=O)N1c2ccc(-c3cnn(C4CNC4)c3)c(Oc3ccc(F)cn3)c2CC[C@@H]1C. The topological polar surface area (TPSA) is 81.5 Å². The minimum Gasteiger partial charge on any atom is -0.452 e. The fourth-order valence-corrected chi connectivity index (χ4v) is 4.19. The second-order valence-electron chi connectivity index (χ2n) is 8.11. The fraction of sp³-hybridized carbons (Fsp3) is 0.348. The molecule has 1 N–H and O–H groups in total. The van der Waals surface area contributed by atoms with Crippen LogP contribution in [-0.4, -0.2) is 47.1 Å². The largest absolute Gasteiger partial charge is 0.452 e. The molecule has 0 spiro atoms. The lowest BCUT2D eigenvalue weighted by atomic mass is 9.92. The third kappa shape index (κ3) is 3.58. The van der Waals surface area contributed by atoms with E-state index in [9.17, 15) is 9.18 Å². The summed E-state index contributed by atoms with van der Waals surface area (Å²) in [6.45, 7) is 3.77. The quantitative estimate of drug-likeness (QED) is 0.666. The van der Waals surface area contributed by atoms with Gasteiger partial charge in [0.25, 0.3) is 0 Å². The summed E-state index contributed by atoms with van der Waals surface area (Å²) in [5, 5.41) is 7.78. The Morgan fingerprint density at radius 1 is 1.22 bits per heavy atom. The molecule has 0 aliphatic carbocycles. The van der Waals surface area contributed by atoms with Crippen LogP contribution >= 0.6 is 0 Å². The number of fused-ring (bicyclic) bond motifs is 1. The highest BCUT2D eigenvalue weighted by Gasteiger charge is 2.32. The van der Waals surface area contributed by atoms with Crippen molar-refractivity contribution in [3.8, 4) is 22.8 Å². The standard InChI is InChI=1S/C23H24FN5O3/c1-14-3-5-19-20(29(14)23(30)31-2)7-6-18(15-9-27-28(13-15)17-11-25-12-17)22(19)32-21-8-4-16(24)10-26-21/h4,6-10,13-14,17,25H,3,5,11-12H2,1-2H3/t14-/m0/s1. The molecule has 32 heavy (non-hydrogen) atoms. The van der Waals surface area contributed by atoms with Crippen LogP contribution < -0.4 is 15.0 Å². The van der Waals surface area contributed by atoms with E-state index in [2.05, 4.69) is 15.4 Å². The molecule has 5 rings (SSSR count). The van der Waals surface area contributed by atoms with Gasteiger partial charge in [0.05, 0.1) is 31.2 Å². The van der Waals surface area contributed by atoms with E-state index < -0.39 is 11.9 Å².